The van der Waals surface area contributed by atoms with E-state index in [0.717, 1.165) is 22.7 Å². The Morgan fingerprint density at radius 1 is 1.29 bits per heavy atom. The second-order valence-electron chi connectivity index (χ2n) is 4.94. The average molecular weight is 324 g/mol. The minimum Gasteiger partial charge on any atom is -0.312 e. The molecule has 0 aliphatic rings. The Labute approximate surface area is 130 Å². The molecule has 1 atom stereocenters. The molecule has 0 bridgehead atoms. The highest BCUT2D eigenvalue weighted by Gasteiger charge is 2.23. The van der Waals surface area contributed by atoms with E-state index in [1.165, 1.54) is 17.6 Å². The molecule has 4 nitrogen and oxygen atoms in total. The Morgan fingerprint density at radius 2 is 1.95 bits per heavy atom. The van der Waals surface area contributed by atoms with Crippen LogP contribution in [0.25, 0.3) is 11.3 Å². The summed E-state index contributed by atoms with van der Waals surface area (Å²) in [5.41, 5.74) is 1.90. The van der Waals surface area contributed by atoms with Crippen LogP contribution in [0, 0.1) is 0 Å². The molecule has 0 fully saturated rings. The Kier molecular flexibility index (Phi) is 5.13. The van der Waals surface area contributed by atoms with Crippen molar-refractivity contribution in [2.24, 2.45) is 0 Å². The van der Waals surface area contributed by atoms with Crippen LogP contribution in [-0.2, 0) is 16.4 Å². The van der Waals surface area contributed by atoms with Gasteiger partial charge in [-0.15, -0.1) is 11.3 Å². The number of nitrogens with one attached hydrogen (secondary N) is 1. The molecule has 114 valence electrons. The van der Waals surface area contributed by atoms with Crippen molar-refractivity contribution in [3.63, 3.8) is 0 Å². The van der Waals surface area contributed by atoms with Crippen LogP contribution in [0.2, 0.25) is 0 Å². The fraction of sp³-hybridized carbons (Fsp3) is 0.400. The first kappa shape index (κ1) is 16.1. The van der Waals surface area contributed by atoms with Gasteiger partial charge in [0.1, 0.15) is 10.3 Å². The van der Waals surface area contributed by atoms with Crippen LogP contribution < -0.4 is 5.32 Å². The van der Waals surface area contributed by atoms with Gasteiger partial charge < -0.3 is 5.32 Å². The van der Waals surface area contributed by atoms with Crippen molar-refractivity contribution in [2.45, 2.75) is 25.6 Å². The number of aromatic nitrogens is 1. The number of thiazole rings is 1. The third-order valence-corrected chi connectivity index (χ3v) is 6.18. The third-order valence-electron chi connectivity index (χ3n) is 3.29. The minimum absolute atomic E-state index is 0.569. The van der Waals surface area contributed by atoms with Gasteiger partial charge in [0.2, 0.25) is 0 Å². The van der Waals surface area contributed by atoms with Gasteiger partial charge in [-0.1, -0.05) is 37.3 Å². The third kappa shape index (κ3) is 3.90. The van der Waals surface area contributed by atoms with E-state index in [9.17, 15) is 8.42 Å². The Bertz CT molecular complexity index is 694. The molecule has 6 heteroatoms. The number of rotatable bonds is 6. The molecule has 0 aliphatic carbocycles. The molecule has 0 saturated heterocycles. The lowest BCUT2D eigenvalue weighted by Crippen LogP contribution is -2.11. The number of sulfone groups is 1. The molecule has 1 aromatic carbocycles. The van der Waals surface area contributed by atoms with Crippen LogP contribution in [0.1, 0.15) is 29.0 Å². The smallest absolute Gasteiger partial charge is 0.156 e. The first-order valence-corrected chi connectivity index (χ1v) is 9.65. The van der Waals surface area contributed by atoms with E-state index in [4.69, 9.17) is 0 Å². The predicted molar refractivity (Wildman–Crippen MR) is 88.2 cm³/mol. The topological polar surface area (TPSA) is 59.1 Å². The molecular weight excluding hydrogens is 304 g/mol. The molecule has 0 spiro atoms. The largest absolute Gasteiger partial charge is 0.312 e. The van der Waals surface area contributed by atoms with Gasteiger partial charge in [-0.25, -0.2) is 13.4 Å². The zero-order valence-corrected chi connectivity index (χ0v) is 14.1. The van der Waals surface area contributed by atoms with Gasteiger partial charge in [0.15, 0.2) is 9.84 Å². The van der Waals surface area contributed by atoms with Crippen LogP contribution in [0.5, 0.6) is 0 Å². The highest BCUT2D eigenvalue weighted by atomic mass is 32.2. The summed E-state index contributed by atoms with van der Waals surface area (Å²) in [6.45, 7) is 5.31. The molecular formula is C15H20N2O2S2. The molecule has 21 heavy (non-hydrogen) atoms. The first-order valence-electron chi connectivity index (χ1n) is 6.88. The molecule has 0 amide bonds. The number of nitrogens with zero attached hydrogens (tertiary/aromatic N) is 1. The summed E-state index contributed by atoms with van der Waals surface area (Å²) in [5.74, 6) is 0. The molecule has 0 aliphatic heterocycles. The fourth-order valence-electron chi connectivity index (χ4n) is 1.91. The predicted octanol–water partition coefficient (Wildman–Crippen LogP) is 3.03. The average Bonchev–Trinajstić information content (AvgIpc) is 2.88. The molecule has 1 aromatic heterocycles. The summed E-state index contributed by atoms with van der Waals surface area (Å²) >= 11 is 1.48. The summed E-state index contributed by atoms with van der Waals surface area (Å²) in [6, 6.07) is 9.88. The summed E-state index contributed by atoms with van der Waals surface area (Å²) in [7, 11) is -3.13. The van der Waals surface area contributed by atoms with Crippen molar-refractivity contribution in [1.29, 1.82) is 0 Å². The van der Waals surface area contributed by atoms with Gasteiger partial charge in [-0.2, -0.15) is 0 Å². The van der Waals surface area contributed by atoms with Crippen LogP contribution in [0.15, 0.2) is 30.3 Å². The van der Waals surface area contributed by atoms with E-state index in [-0.39, 0.29) is 0 Å². The van der Waals surface area contributed by atoms with Crippen molar-refractivity contribution < 1.29 is 8.42 Å². The lowest BCUT2D eigenvalue weighted by molar-refractivity contribution is 0.592. The van der Waals surface area contributed by atoms with E-state index in [1.807, 2.05) is 37.3 Å². The van der Waals surface area contributed by atoms with Gasteiger partial charge in [0, 0.05) is 23.2 Å². The highest BCUT2D eigenvalue weighted by molar-refractivity contribution is 7.91. The SMILES string of the molecule is CCNCc1sc(C(C)S(C)(=O)=O)nc1-c1ccccc1. The lowest BCUT2D eigenvalue weighted by Gasteiger charge is -2.04. The van der Waals surface area contributed by atoms with E-state index in [1.54, 1.807) is 6.92 Å². The van der Waals surface area contributed by atoms with Crippen molar-refractivity contribution in [3.05, 3.63) is 40.2 Å². The van der Waals surface area contributed by atoms with Crippen LogP contribution in [0.4, 0.5) is 0 Å². The fourth-order valence-corrected chi connectivity index (χ4v) is 3.98. The Morgan fingerprint density at radius 3 is 2.52 bits per heavy atom. The second-order valence-corrected chi connectivity index (χ2v) is 8.42. The molecule has 1 heterocycles. The summed E-state index contributed by atoms with van der Waals surface area (Å²) < 4.78 is 23.5. The van der Waals surface area contributed by atoms with Gasteiger partial charge in [-0.05, 0) is 13.5 Å². The quantitative estimate of drug-likeness (QED) is 0.887. The number of hydrogen-bond acceptors (Lipinski definition) is 5. The zero-order valence-electron chi connectivity index (χ0n) is 12.5. The second kappa shape index (κ2) is 6.68. The molecule has 0 radical (unpaired) electrons. The summed E-state index contributed by atoms with van der Waals surface area (Å²) in [4.78, 5) is 5.68. The van der Waals surface area contributed by atoms with Crippen LogP contribution in [-0.4, -0.2) is 26.2 Å². The molecule has 2 aromatic rings. The maximum absolute atomic E-state index is 11.8. The van der Waals surface area contributed by atoms with Gasteiger partial charge in [-0.3, -0.25) is 0 Å². The summed E-state index contributed by atoms with van der Waals surface area (Å²) in [6.07, 6.45) is 1.26. The standard InChI is InChI=1S/C15H20N2O2S2/c1-4-16-10-13-14(12-8-6-5-7-9-12)17-15(20-13)11(2)21(3,18)19/h5-9,11,16H,4,10H2,1-3H3. The Hall–Kier alpha value is -1.24. The molecule has 0 saturated carbocycles. The maximum atomic E-state index is 11.8. The van der Waals surface area contributed by atoms with E-state index in [0.29, 0.717) is 11.6 Å². The molecule has 1 unspecified atom stereocenters. The van der Waals surface area contributed by atoms with Crippen LogP contribution in [0.3, 0.4) is 0 Å². The Balaban J connectivity index is 2.45. The van der Waals surface area contributed by atoms with Crippen molar-refractivity contribution in [3.8, 4) is 11.3 Å². The monoisotopic (exact) mass is 324 g/mol. The zero-order chi connectivity index (χ0) is 15.5. The van der Waals surface area contributed by atoms with Gasteiger partial charge >= 0.3 is 0 Å². The normalized spacial score (nSPS) is 13.3. The highest BCUT2D eigenvalue weighted by Crippen LogP contribution is 2.33. The first-order chi connectivity index (χ1) is 9.93. The number of hydrogen-bond donors (Lipinski definition) is 1. The lowest BCUT2D eigenvalue weighted by atomic mass is 10.1. The van der Waals surface area contributed by atoms with E-state index >= 15 is 0 Å². The van der Waals surface area contributed by atoms with E-state index in [2.05, 4.69) is 10.3 Å². The van der Waals surface area contributed by atoms with Crippen LogP contribution >= 0.6 is 11.3 Å². The number of benzene rings is 1. The van der Waals surface area contributed by atoms with Gasteiger partial charge in [0.25, 0.3) is 0 Å². The molecule has 1 N–H and O–H groups in total. The van der Waals surface area contributed by atoms with Crippen molar-refractivity contribution in [1.82, 2.24) is 10.3 Å². The van der Waals surface area contributed by atoms with Crippen molar-refractivity contribution in [2.75, 3.05) is 12.8 Å². The van der Waals surface area contributed by atoms with Gasteiger partial charge in [0.05, 0.1) is 5.69 Å². The summed E-state index contributed by atoms with van der Waals surface area (Å²) in [5, 5.41) is 3.37. The van der Waals surface area contributed by atoms with Crippen molar-refractivity contribution >= 4 is 21.2 Å². The van der Waals surface area contributed by atoms with E-state index < -0.39 is 15.1 Å². The minimum atomic E-state index is -3.13. The molecule has 2 rings (SSSR count). The maximum Gasteiger partial charge on any atom is 0.156 e.